The molecule has 4 nitrogen and oxygen atoms in total. The van der Waals surface area contributed by atoms with E-state index in [2.05, 4.69) is 42.2 Å². The molecule has 0 saturated heterocycles. The first kappa shape index (κ1) is 21.1. The van der Waals surface area contributed by atoms with E-state index < -0.39 is 0 Å². The van der Waals surface area contributed by atoms with Gasteiger partial charge in [-0.15, -0.1) is 0 Å². The molecule has 0 radical (unpaired) electrons. The topological polar surface area (TPSA) is 65.4 Å². The number of hydrogen-bond acceptors (Lipinski definition) is 3. The highest BCUT2D eigenvalue weighted by atomic mass is 16.3. The first-order valence-corrected chi connectivity index (χ1v) is 11.2. The van der Waals surface area contributed by atoms with Crippen LogP contribution < -0.4 is 0 Å². The van der Waals surface area contributed by atoms with Gasteiger partial charge in [-0.1, -0.05) is 55.5 Å². The van der Waals surface area contributed by atoms with Crippen LogP contribution in [0, 0.1) is 6.92 Å². The van der Waals surface area contributed by atoms with Gasteiger partial charge in [0.2, 0.25) is 0 Å². The van der Waals surface area contributed by atoms with E-state index >= 15 is 0 Å². The number of carbonyl (C=O) groups excluding carboxylic acids is 1. The van der Waals surface area contributed by atoms with Crippen molar-refractivity contribution in [2.24, 2.45) is 4.99 Å². The number of rotatable bonds is 6. The molecule has 0 amide bonds. The summed E-state index contributed by atoms with van der Waals surface area (Å²) in [5, 5.41) is 11.8. The molecule has 2 aromatic carbocycles. The lowest BCUT2D eigenvalue weighted by molar-refractivity contribution is -0.116. The van der Waals surface area contributed by atoms with Crippen molar-refractivity contribution in [1.29, 1.82) is 0 Å². The number of para-hydroxylation sites is 1. The van der Waals surface area contributed by atoms with Gasteiger partial charge in [0.1, 0.15) is 5.76 Å². The second-order valence-corrected chi connectivity index (χ2v) is 8.36. The minimum absolute atomic E-state index is 0.00748. The zero-order valence-corrected chi connectivity index (χ0v) is 18.3. The van der Waals surface area contributed by atoms with Crippen LogP contribution in [0.25, 0.3) is 10.9 Å². The predicted octanol–water partition coefficient (Wildman–Crippen LogP) is 6.22. The summed E-state index contributed by atoms with van der Waals surface area (Å²) < 4.78 is 0. The summed E-state index contributed by atoms with van der Waals surface area (Å²) >= 11 is 0. The number of ketones is 1. The molecule has 160 valence electrons. The Hall–Kier alpha value is -3.14. The number of aromatic amines is 1. The molecule has 4 rings (SSSR count). The van der Waals surface area contributed by atoms with Gasteiger partial charge in [-0.25, -0.2) is 0 Å². The number of aliphatic imine (C=N–C) groups is 1. The lowest BCUT2D eigenvalue weighted by Gasteiger charge is -2.26. The summed E-state index contributed by atoms with van der Waals surface area (Å²) in [5.74, 6) is 0.314. The summed E-state index contributed by atoms with van der Waals surface area (Å²) in [4.78, 5) is 21.3. The van der Waals surface area contributed by atoms with E-state index in [0.29, 0.717) is 31.4 Å². The maximum atomic E-state index is 13.0. The number of benzene rings is 2. The number of aliphatic hydroxyl groups excluding tert-OH is 1. The van der Waals surface area contributed by atoms with Gasteiger partial charge in [-0.05, 0) is 49.3 Å². The number of aromatic nitrogens is 1. The molecule has 1 heterocycles. The minimum Gasteiger partial charge on any atom is -0.511 e. The van der Waals surface area contributed by atoms with Crippen molar-refractivity contribution in [3.8, 4) is 0 Å². The van der Waals surface area contributed by atoms with Crippen LogP contribution in [0.15, 0.2) is 70.9 Å². The molecule has 2 N–H and O–H groups in total. The van der Waals surface area contributed by atoms with E-state index in [0.717, 1.165) is 35.3 Å². The molecule has 0 aliphatic heterocycles. The number of aryl methyl sites for hydroxylation is 1. The first-order valence-electron chi connectivity index (χ1n) is 11.2. The Morgan fingerprint density at radius 3 is 2.61 bits per heavy atom. The van der Waals surface area contributed by atoms with Crippen molar-refractivity contribution in [3.05, 3.63) is 82.8 Å². The fourth-order valence-corrected chi connectivity index (χ4v) is 4.65. The second-order valence-electron chi connectivity index (χ2n) is 8.36. The summed E-state index contributed by atoms with van der Waals surface area (Å²) in [6.07, 6.45) is 3.22. The monoisotopic (exact) mass is 414 g/mol. The number of aliphatic hydroxyl groups is 1. The maximum absolute atomic E-state index is 13.0. The van der Waals surface area contributed by atoms with Crippen molar-refractivity contribution in [3.63, 3.8) is 0 Å². The van der Waals surface area contributed by atoms with Gasteiger partial charge >= 0.3 is 0 Å². The molecular weight excluding hydrogens is 384 g/mol. The van der Waals surface area contributed by atoms with Gasteiger partial charge in [-0.3, -0.25) is 9.79 Å². The summed E-state index contributed by atoms with van der Waals surface area (Å²) in [6, 6.07) is 18.5. The highest BCUT2D eigenvalue weighted by Crippen LogP contribution is 2.34. The normalized spacial score (nSPS) is 19.9. The quantitative estimate of drug-likeness (QED) is 0.371. The van der Waals surface area contributed by atoms with Crippen LogP contribution >= 0.6 is 0 Å². The largest absolute Gasteiger partial charge is 0.511 e. The fourth-order valence-electron chi connectivity index (χ4n) is 4.65. The van der Waals surface area contributed by atoms with Gasteiger partial charge in [0, 0.05) is 41.7 Å². The average Bonchev–Trinajstić information content (AvgIpc) is 3.09. The summed E-state index contributed by atoms with van der Waals surface area (Å²) in [6.45, 7) is 4.69. The molecule has 1 aliphatic carbocycles. The third kappa shape index (κ3) is 4.48. The molecule has 1 fully saturated rings. The van der Waals surface area contributed by atoms with E-state index in [1.54, 1.807) is 0 Å². The summed E-state index contributed by atoms with van der Waals surface area (Å²) in [5.41, 5.74) is 5.95. The molecule has 1 aromatic heterocycles. The number of nitrogens with one attached hydrogen (secondary N) is 1. The van der Waals surface area contributed by atoms with Gasteiger partial charge in [0.05, 0.1) is 5.57 Å². The van der Waals surface area contributed by atoms with Crippen molar-refractivity contribution in [1.82, 2.24) is 4.98 Å². The van der Waals surface area contributed by atoms with Crippen molar-refractivity contribution in [2.45, 2.75) is 51.9 Å². The number of fused-ring (bicyclic) bond motifs is 1. The Morgan fingerprint density at radius 1 is 1.10 bits per heavy atom. The highest BCUT2D eigenvalue weighted by molar-refractivity contribution is 6.24. The Kier molecular flexibility index (Phi) is 6.36. The predicted molar refractivity (Wildman–Crippen MR) is 127 cm³/mol. The number of Topliss-reactive ketones (excluding diaryl/α,β-unsaturated/α-hetero) is 1. The number of nitrogens with zero attached hydrogens (tertiary/aromatic N) is 1. The number of carbonyl (C=O) groups is 1. The van der Waals surface area contributed by atoms with Gasteiger partial charge in [-0.2, -0.15) is 0 Å². The van der Waals surface area contributed by atoms with Crippen molar-refractivity contribution in [2.75, 3.05) is 6.54 Å². The molecule has 31 heavy (non-hydrogen) atoms. The zero-order valence-electron chi connectivity index (χ0n) is 18.3. The van der Waals surface area contributed by atoms with Gasteiger partial charge in [0.15, 0.2) is 5.78 Å². The molecule has 1 atom stereocenters. The van der Waals surface area contributed by atoms with Gasteiger partial charge in [0.25, 0.3) is 0 Å². The Bertz CT molecular complexity index is 1140. The van der Waals surface area contributed by atoms with Crippen LogP contribution in [0.5, 0.6) is 0 Å². The van der Waals surface area contributed by atoms with Crippen LogP contribution in [0.3, 0.4) is 0 Å². The molecule has 1 unspecified atom stereocenters. The SMILES string of the molecule is CCCC(O)=C1C(=O)CC(c2ccccc2)CC1=NCCc1c(C)[nH]c2ccccc12. The number of H-pyrrole nitrogens is 1. The van der Waals surface area contributed by atoms with Crippen LogP contribution in [-0.2, 0) is 11.2 Å². The minimum atomic E-state index is 0.00748. The molecule has 3 aromatic rings. The van der Waals surface area contributed by atoms with Crippen molar-refractivity contribution < 1.29 is 9.90 Å². The van der Waals surface area contributed by atoms with E-state index in [4.69, 9.17) is 4.99 Å². The molecule has 1 saturated carbocycles. The fraction of sp³-hybridized carbons (Fsp3) is 0.333. The third-order valence-electron chi connectivity index (χ3n) is 6.18. The smallest absolute Gasteiger partial charge is 0.168 e. The van der Waals surface area contributed by atoms with Crippen LogP contribution in [-0.4, -0.2) is 28.1 Å². The highest BCUT2D eigenvalue weighted by Gasteiger charge is 2.32. The standard InChI is InChI=1S/C27H30N2O2/c1-3-9-25(30)27-24(16-20(17-26(27)31)19-10-5-4-6-11-19)28-15-14-21-18(2)29-23-13-8-7-12-22(21)23/h4-8,10-13,20,29-30H,3,9,14-17H2,1-2H3. The van der Waals surface area contributed by atoms with Crippen LogP contribution in [0.2, 0.25) is 0 Å². The molecular formula is C27H30N2O2. The molecule has 1 aliphatic rings. The average molecular weight is 415 g/mol. The van der Waals surface area contributed by atoms with E-state index in [1.807, 2.05) is 31.2 Å². The second kappa shape index (κ2) is 9.34. The Morgan fingerprint density at radius 2 is 1.84 bits per heavy atom. The molecule has 0 spiro atoms. The maximum Gasteiger partial charge on any atom is 0.168 e. The van der Waals surface area contributed by atoms with Crippen molar-refractivity contribution >= 4 is 22.4 Å². The molecule has 0 bridgehead atoms. The van der Waals surface area contributed by atoms with E-state index in [-0.39, 0.29) is 17.5 Å². The number of hydrogen-bond donors (Lipinski definition) is 2. The van der Waals surface area contributed by atoms with Crippen LogP contribution in [0.1, 0.15) is 55.3 Å². The summed E-state index contributed by atoms with van der Waals surface area (Å²) in [7, 11) is 0. The number of allylic oxidation sites excluding steroid dienone is 2. The Balaban J connectivity index is 1.62. The van der Waals surface area contributed by atoms with Gasteiger partial charge < -0.3 is 10.1 Å². The zero-order chi connectivity index (χ0) is 21.8. The third-order valence-corrected chi connectivity index (χ3v) is 6.18. The Labute approximate surface area is 183 Å². The molecule has 4 heteroatoms. The van der Waals surface area contributed by atoms with E-state index in [9.17, 15) is 9.90 Å². The lowest BCUT2D eigenvalue weighted by Crippen LogP contribution is -2.27. The van der Waals surface area contributed by atoms with E-state index in [1.165, 1.54) is 10.9 Å². The lowest BCUT2D eigenvalue weighted by atomic mass is 9.78. The van der Waals surface area contributed by atoms with Crippen LogP contribution in [0.4, 0.5) is 0 Å². The first-order chi connectivity index (χ1) is 15.1.